The second-order valence-electron chi connectivity index (χ2n) is 8.77. The van der Waals surface area contributed by atoms with Crippen molar-refractivity contribution in [2.75, 3.05) is 37.6 Å². The van der Waals surface area contributed by atoms with Gasteiger partial charge in [0.2, 0.25) is 11.6 Å². The Morgan fingerprint density at radius 2 is 1.76 bits per heavy atom. The van der Waals surface area contributed by atoms with Crippen LogP contribution in [0.15, 0.2) is 53.3 Å². The minimum atomic E-state index is -0.184. The van der Waals surface area contributed by atoms with Crippen molar-refractivity contribution in [1.29, 1.82) is 0 Å². The molecule has 9 nitrogen and oxygen atoms in total. The molecule has 1 saturated heterocycles. The van der Waals surface area contributed by atoms with Gasteiger partial charge in [-0.15, -0.1) is 4.68 Å². The minimum absolute atomic E-state index is 0.133. The largest absolute Gasteiger partial charge is 0.460 e. The predicted octanol–water partition coefficient (Wildman–Crippen LogP) is 1.84. The number of hydrogen-bond donors (Lipinski definition) is 0. The lowest BCUT2D eigenvalue weighted by Crippen LogP contribution is -2.50. The number of rotatable bonds is 5. The van der Waals surface area contributed by atoms with Gasteiger partial charge in [0.15, 0.2) is 11.4 Å². The van der Waals surface area contributed by atoms with E-state index in [1.54, 1.807) is 42.4 Å². The number of piperazine rings is 1. The van der Waals surface area contributed by atoms with E-state index >= 15 is 0 Å². The lowest BCUT2D eigenvalue weighted by Gasteiger charge is -2.35. The molecular weight excluding hydrogens is 432 g/mol. The summed E-state index contributed by atoms with van der Waals surface area (Å²) in [7, 11) is 1.78. The van der Waals surface area contributed by atoms with Gasteiger partial charge >= 0.3 is 5.69 Å². The zero-order chi connectivity index (χ0) is 23.2. The van der Waals surface area contributed by atoms with Crippen molar-refractivity contribution >= 4 is 28.4 Å². The van der Waals surface area contributed by atoms with Crippen LogP contribution in [-0.4, -0.2) is 64.1 Å². The van der Waals surface area contributed by atoms with Gasteiger partial charge in [-0.2, -0.15) is 0 Å². The Hall–Kier alpha value is -3.85. The molecule has 0 N–H and O–H groups in total. The molecule has 1 aliphatic carbocycles. The second kappa shape index (κ2) is 8.18. The van der Waals surface area contributed by atoms with E-state index in [0.29, 0.717) is 23.4 Å². The SMILES string of the molecule is Cn1nc2c([n+]1CCCN1CCN(c3nccc4ccoc34)CC1)C(=O)c1ccccc1C2=O. The summed E-state index contributed by atoms with van der Waals surface area (Å²) >= 11 is 0. The second-order valence-corrected chi connectivity index (χ2v) is 8.77. The lowest BCUT2D eigenvalue weighted by atomic mass is 9.90. The van der Waals surface area contributed by atoms with Crippen molar-refractivity contribution in [1.82, 2.24) is 19.8 Å². The highest BCUT2D eigenvalue weighted by Gasteiger charge is 2.42. The fourth-order valence-corrected chi connectivity index (χ4v) is 5.01. The zero-order valence-electron chi connectivity index (χ0n) is 19.0. The highest BCUT2D eigenvalue weighted by Crippen LogP contribution is 2.26. The fraction of sp³-hybridized carbons (Fsp3) is 0.320. The van der Waals surface area contributed by atoms with Crippen LogP contribution in [0.1, 0.15) is 38.5 Å². The Morgan fingerprint density at radius 3 is 2.56 bits per heavy atom. The quantitative estimate of drug-likeness (QED) is 0.372. The number of benzene rings is 1. The number of pyridine rings is 1. The van der Waals surface area contributed by atoms with E-state index in [4.69, 9.17) is 4.42 Å². The van der Waals surface area contributed by atoms with Crippen LogP contribution in [0.4, 0.5) is 5.82 Å². The van der Waals surface area contributed by atoms with Gasteiger partial charge in [0, 0.05) is 55.4 Å². The van der Waals surface area contributed by atoms with Gasteiger partial charge in [-0.1, -0.05) is 24.3 Å². The Bertz CT molecular complexity index is 1410. The van der Waals surface area contributed by atoms with Crippen LogP contribution in [0.5, 0.6) is 0 Å². The van der Waals surface area contributed by atoms with Crippen molar-refractivity contribution in [3.8, 4) is 0 Å². The molecule has 1 aromatic carbocycles. The van der Waals surface area contributed by atoms with E-state index < -0.39 is 0 Å². The van der Waals surface area contributed by atoms with Crippen LogP contribution in [0.3, 0.4) is 0 Å². The molecule has 0 spiro atoms. The summed E-state index contributed by atoms with van der Waals surface area (Å²) in [6, 6.07) is 10.9. The third kappa shape index (κ3) is 3.31. The molecule has 6 rings (SSSR count). The number of carbonyl (C=O) groups excluding carboxylic acids is 2. The lowest BCUT2D eigenvalue weighted by molar-refractivity contribution is -0.779. The fourth-order valence-electron chi connectivity index (χ4n) is 5.01. The van der Waals surface area contributed by atoms with E-state index in [1.807, 2.05) is 23.0 Å². The normalized spacial score (nSPS) is 16.2. The topological polar surface area (TPSA) is 88.3 Å². The van der Waals surface area contributed by atoms with Gasteiger partial charge in [-0.25, -0.2) is 4.98 Å². The first-order valence-electron chi connectivity index (χ1n) is 11.6. The maximum atomic E-state index is 13.1. The third-order valence-electron chi connectivity index (χ3n) is 6.79. The number of hydrogen-bond acceptors (Lipinski definition) is 7. The van der Waals surface area contributed by atoms with Crippen LogP contribution in [0.2, 0.25) is 0 Å². The standard InChI is InChI=1S/C25H25N6O3/c1-28-27-20-21(23(33)19-6-3-2-5-18(19)22(20)32)31(28)11-4-10-29-12-14-30(15-13-29)25-24-17(7-9-26-25)8-16-34-24/h2-3,5-9,16H,4,10-15H2,1H3/q+1. The van der Waals surface area contributed by atoms with Crippen LogP contribution in [0.25, 0.3) is 11.0 Å². The molecule has 9 heteroatoms. The highest BCUT2D eigenvalue weighted by molar-refractivity contribution is 6.26. The van der Waals surface area contributed by atoms with Crippen molar-refractivity contribution in [2.45, 2.75) is 13.0 Å². The van der Waals surface area contributed by atoms with Crippen LogP contribution >= 0.6 is 0 Å². The van der Waals surface area contributed by atoms with Gasteiger partial charge in [-0.05, 0) is 23.4 Å². The zero-order valence-corrected chi connectivity index (χ0v) is 19.0. The number of fused-ring (bicyclic) bond motifs is 3. The minimum Gasteiger partial charge on any atom is -0.460 e. The number of carbonyl (C=O) groups is 2. The maximum absolute atomic E-state index is 13.1. The first-order valence-corrected chi connectivity index (χ1v) is 11.6. The summed E-state index contributed by atoms with van der Waals surface area (Å²) in [6.07, 6.45) is 4.39. The Labute approximate surface area is 196 Å². The Kier molecular flexibility index (Phi) is 4.99. The van der Waals surface area contributed by atoms with E-state index in [9.17, 15) is 9.59 Å². The van der Waals surface area contributed by atoms with Crippen molar-refractivity contribution in [3.63, 3.8) is 0 Å². The number of furan rings is 1. The van der Waals surface area contributed by atoms with Crippen LogP contribution in [0, 0.1) is 0 Å². The molecule has 2 aliphatic rings. The van der Waals surface area contributed by atoms with Crippen molar-refractivity contribution in [2.24, 2.45) is 7.05 Å². The van der Waals surface area contributed by atoms with Gasteiger partial charge in [-0.3, -0.25) is 14.5 Å². The number of ketones is 2. The molecule has 4 heterocycles. The summed E-state index contributed by atoms with van der Waals surface area (Å²) in [5.74, 6) is 0.588. The molecule has 0 radical (unpaired) electrons. The Balaban J connectivity index is 1.11. The molecule has 3 aromatic heterocycles. The molecule has 34 heavy (non-hydrogen) atoms. The molecule has 0 bridgehead atoms. The van der Waals surface area contributed by atoms with Crippen molar-refractivity contribution < 1.29 is 18.7 Å². The van der Waals surface area contributed by atoms with Crippen LogP contribution < -0.4 is 9.58 Å². The summed E-state index contributed by atoms with van der Waals surface area (Å²) in [5, 5.41) is 5.45. The third-order valence-corrected chi connectivity index (χ3v) is 6.79. The summed E-state index contributed by atoms with van der Waals surface area (Å²) in [4.78, 5) is 36.9. The summed E-state index contributed by atoms with van der Waals surface area (Å²) in [5.41, 5.74) is 2.38. The molecule has 1 fully saturated rings. The molecule has 0 saturated carbocycles. The average Bonchev–Trinajstić information content (AvgIpc) is 3.48. The highest BCUT2D eigenvalue weighted by atomic mass is 16.3. The number of nitrogens with zero attached hydrogens (tertiary/aromatic N) is 6. The first kappa shape index (κ1) is 20.7. The maximum Gasteiger partial charge on any atom is 0.300 e. The molecule has 172 valence electrons. The molecule has 0 amide bonds. The number of anilines is 1. The molecular formula is C25H25N6O3+. The average molecular weight is 458 g/mol. The summed E-state index contributed by atoms with van der Waals surface area (Å²) < 4.78 is 7.49. The van der Waals surface area contributed by atoms with Crippen molar-refractivity contribution in [3.05, 3.63) is 71.4 Å². The van der Waals surface area contributed by atoms with Gasteiger partial charge in [0.05, 0.1) is 18.4 Å². The van der Waals surface area contributed by atoms with E-state index in [1.165, 1.54) is 0 Å². The summed E-state index contributed by atoms with van der Waals surface area (Å²) in [6.45, 7) is 5.14. The van der Waals surface area contributed by atoms with E-state index in [0.717, 1.165) is 55.9 Å². The first-order chi connectivity index (χ1) is 16.6. The van der Waals surface area contributed by atoms with E-state index in [-0.39, 0.29) is 17.3 Å². The smallest absolute Gasteiger partial charge is 0.300 e. The predicted molar refractivity (Wildman–Crippen MR) is 124 cm³/mol. The Morgan fingerprint density at radius 1 is 1.00 bits per heavy atom. The number of aromatic nitrogens is 4. The molecule has 1 aliphatic heterocycles. The van der Waals surface area contributed by atoms with Crippen LogP contribution in [-0.2, 0) is 13.6 Å². The molecule has 0 atom stereocenters. The molecule has 4 aromatic rings. The van der Waals surface area contributed by atoms with Gasteiger partial charge in [0.1, 0.15) is 6.54 Å². The van der Waals surface area contributed by atoms with E-state index in [2.05, 4.69) is 19.9 Å². The number of aryl methyl sites for hydroxylation is 1. The van der Waals surface area contributed by atoms with Gasteiger partial charge < -0.3 is 9.32 Å². The van der Waals surface area contributed by atoms with Gasteiger partial charge in [0.25, 0.3) is 5.69 Å². The monoisotopic (exact) mass is 457 g/mol. The molecule has 0 unspecified atom stereocenters.